The zero-order valence-corrected chi connectivity index (χ0v) is 12.9. The third-order valence-electron chi connectivity index (χ3n) is 3.39. The van der Waals surface area contributed by atoms with Crippen LogP contribution >= 0.6 is 15.9 Å². The summed E-state index contributed by atoms with van der Waals surface area (Å²) in [5.41, 5.74) is 4.11. The summed E-state index contributed by atoms with van der Waals surface area (Å²) in [7, 11) is 0. The molecule has 2 nitrogen and oxygen atoms in total. The molecule has 3 heteroatoms. The molecule has 0 aliphatic carbocycles. The summed E-state index contributed by atoms with van der Waals surface area (Å²) < 4.78 is 0.887. The number of hydrogen-bond acceptors (Lipinski definition) is 2. The Balaban J connectivity index is 2.10. The van der Waals surface area contributed by atoms with Gasteiger partial charge in [0.1, 0.15) is 5.75 Å². The smallest absolute Gasteiger partial charge is 0.123 e. The number of aromatic hydroxyl groups is 1. The van der Waals surface area contributed by atoms with Gasteiger partial charge in [-0.1, -0.05) is 48.5 Å². The topological polar surface area (TPSA) is 33.1 Å². The number of rotatable bonds is 3. The predicted octanol–water partition coefficient (Wildman–Crippen LogP) is 4.81. The molecule has 0 saturated heterocycles. The molecule has 0 aliphatic rings. The average Bonchev–Trinajstić information content (AvgIpc) is 2.50. The van der Waals surface area contributed by atoms with Crippen molar-refractivity contribution in [3.8, 4) is 16.9 Å². The Bertz CT molecular complexity index is 756. The van der Waals surface area contributed by atoms with Crippen molar-refractivity contribution in [3.05, 3.63) is 82.6 Å². The molecule has 0 atom stereocenters. The first kappa shape index (κ1) is 13.8. The van der Waals surface area contributed by atoms with E-state index in [0.29, 0.717) is 0 Å². The van der Waals surface area contributed by atoms with Crippen molar-refractivity contribution in [2.75, 3.05) is 0 Å². The van der Waals surface area contributed by atoms with E-state index in [0.717, 1.165) is 27.6 Å². The van der Waals surface area contributed by atoms with Crippen LogP contribution in [-0.4, -0.2) is 10.1 Å². The first-order chi connectivity index (χ1) is 10.3. The number of para-hydroxylation sites is 1. The largest absolute Gasteiger partial charge is 0.507 e. The van der Waals surface area contributed by atoms with Crippen molar-refractivity contribution in [3.63, 3.8) is 0 Å². The van der Waals surface area contributed by atoms with Gasteiger partial charge in [0.2, 0.25) is 0 Å². The minimum absolute atomic E-state index is 0.277. The SMILES string of the molecule is Oc1ccccc1-c1c(Br)cncc1Cc1ccccc1. The molecular formula is C18H14BrNO. The highest BCUT2D eigenvalue weighted by Gasteiger charge is 2.13. The van der Waals surface area contributed by atoms with E-state index in [9.17, 15) is 5.11 Å². The van der Waals surface area contributed by atoms with Crippen LogP contribution in [0.1, 0.15) is 11.1 Å². The van der Waals surface area contributed by atoms with E-state index in [4.69, 9.17) is 0 Å². The third kappa shape index (κ3) is 2.98. The minimum atomic E-state index is 0.277. The van der Waals surface area contributed by atoms with Gasteiger partial charge in [0, 0.05) is 28.0 Å². The minimum Gasteiger partial charge on any atom is -0.507 e. The van der Waals surface area contributed by atoms with Gasteiger partial charge < -0.3 is 5.11 Å². The molecule has 1 aromatic heterocycles. The lowest BCUT2D eigenvalue weighted by Gasteiger charge is -2.13. The molecule has 0 unspecified atom stereocenters. The first-order valence-corrected chi connectivity index (χ1v) is 7.49. The zero-order chi connectivity index (χ0) is 14.7. The van der Waals surface area contributed by atoms with Crippen molar-refractivity contribution in [2.45, 2.75) is 6.42 Å². The van der Waals surface area contributed by atoms with Crippen molar-refractivity contribution >= 4 is 15.9 Å². The van der Waals surface area contributed by atoms with Crippen LogP contribution in [-0.2, 0) is 6.42 Å². The molecule has 21 heavy (non-hydrogen) atoms. The number of pyridine rings is 1. The predicted molar refractivity (Wildman–Crippen MR) is 88.3 cm³/mol. The lowest BCUT2D eigenvalue weighted by Crippen LogP contribution is -1.95. The van der Waals surface area contributed by atoms with Gasteiger partial charge >= 0.3 is 0 Å². The number of benzene rings is 2. The van der Waals surface area contributed by atoms with Gasteiger partial charge in [-0.25, -0.2) is 0 Å². The Hall–Kier alpha value is -2.13. The average molecular weight is 340 g/mol. The quantitative estimate of drug-likeness (QED) is 0.742. The summed E-state index contributed by atoms with van der Waals surface area (Å²) in [4.78, 5) is 4.27. The highest BCUT2D eigenvalue weighted by atomic mass is 79.9. The number of hydrogen-bond donors (Lipinski definition) is 1. The van der Waals surface area contributed by atoms with E-state index in [1.54, 1.807) is 12.3 Å². The molecule has 0 bridgehead atoms. The summed E-state index contributed by atoms with van der Waals surface area (Å²) in [6.07, 6.45) is 4.40. The highest BCUT2D eigenvalue weighted by Crippen LogP contribution is 2.37. The third-order valence-corrected chi connectivity index (χ3v) is 3.99. The van der Waals surface area contributed by atoms with Crippen LogP contribution < -0.4 is 0 Å². The fourth-order valence-electron chi connectivity index (χ4n) is 2.41. The van der Waals surface area contributed by atoms with Crippen LogP contribution in [0.3, 0.4) is 0 Å². The molecule has 2 aromatic carbocycles. The van der Waals surface area contributed by atoms with E-state index in [1.807, 2.05) is 42.6 Å². The molecule has 104 valence electrons. The Kier molecular flexibility index (Phi) is 4.02. The second-order valence-electron chi connectivity index (χ2n) is 4.83. The molecule has 1 heterocycles. The fourth-order valence-corrected chi connectivity index (χ4v) is 3.00. The van der Waals surface area contributed by atoms with Crippen molar-refractivity contribution in [2.24, 2.45) is 0 Å². The van der Waals surface area contributed by atoms with Crippen LogP contribution in [0.25, 0.3) is 11.1 Å². The number of nitrogens with zero attached hydrogens (tertiary/aromatic N) is 1. The van der Waals surface area contributed by atoms with E-state index in [-0.39, 0.29) is 5.75 Å². The molecule has 0 radical (unpaired) electrons. The van der Waals surface area contributed by atoms with Gasteiger partial charge in [0.05, 0.1) is 0 Å². The first-order valence-electron chi connectivity index (χ1n) is 6.70. The summed E-state index contributed by atoms with van der Waals surface area (Å²) in [6, 6.07) is 17.6. The Morgan fingerprint density at radius 2 is 1.62 bits per heavy atom. The molecule has 0 fully saturated rings. The zero-order valence-electron chi connectivity index (χ0n) is 11.3. The Morgan fingerprint density at radius 3 is 2.38 bits per heavy atom. The normalized spacial score (nSPS) is 10.5. The number of phenolic OH excluding ortho intramolecular Hbond substituents is 1. The van der Waals surface area contributed by atoms with E-state index < -0.39 is 0 Å². The standard InChI is InChI=1S/C18H14BrNO/c19-16-12-20-11-14(10-13-6-2-1-3-7-13)18(16)15-8-4-5-9-17(15)21/h1-9,11-12,21H,10H2. The van der Waals surface area contributed by atoms with Crippen molar-refractivity contribution < 1.29 is 5.11 Å². The maximum absolute atomic E-state index is 10.1. The number of aromatic nitrogens is 1. The summed E-state index contributed by atoms with van der Waals surface area (Å²) in [5, 5.41) is 10.1. The molecule has 0 amide bonds. The lowest BCUT2D eigenvalue weighted by molar-refractivity contribution is 0.477. The van der Waals surface area contributed by atoms with Crippen LogP contribution in [0.15, 0.2) is 71.5 Å². The second kappa shape index (κ2) is 6.10. The van der Waals surface area contributed by atoms with Crippen LogP contribution in [0.5, 0.6) is 5.75 Å². The van der Waals surface area contributed by atoms with E-state index >= 15 is 0 Å². The van der Waals surface area contributed by atoms with Gasteiger partial charge in [-0.2, -0.15) is 0 Å². The van der Waals surface area contributed by atoms with Gasteiger partial charge in [-0.3, -0.25) is 4.98 Å². The molecule has 0 aliphatic heterocycles. The molecular weight excluding hydrogens is 326 g/mol. The van der Waals surface area contributed by atoms with Gasteiger partial charge in [0.15, 0.2) is 0 Å². The van der Waals surface area contributed by atoms with Crippen LogP contribution in [0.2, 0.25) is 0 Å². The molecule has 0 saturated carbocycles. The molecule has 0 spiro atoms. The number of phenols is 1. The fraction of sp³-hybridized carbons (Fsp3) is 0.0556. The van der Waals surface area contributed by atoms with Gasteiger partial charge in [-0.15, -0.1) is 0 Å². The second-order valence-corrected chi connectivity index (χ2v) is 5.69. The van der Waals surface area contributed by atoms with E-state index in [2.05, 4.69) is 33.0 Å². The monoisotopic (exact) mass is 339 g/mol. The van der Waals surface area contributed by atoms with E-state index in [1.165, 1.54) is 5.56 Å². The van der Waals surface area contributed by atoms with Crippen LogP contribution in [0.4, 0.5) is 0 Å². The van der Waals surface area contributed by atoms with Crippen molar-refractivity contribution in [1.82, 2.24) is 4.98 Å². The van der Waals surface area contributed by atoms with Gasteiger partial charge in [0.25, 0.3) is 0 Å². The lowest BCUT2D eigenvalue weighted by atomic mass is 9.96. The summed E-state index contributed by atoms with van der Waals surface area (Å²) >= 11 is 3.56. The Morgan fingerprint density at radius 1 is 0.905 bits per heavy atom. The van der Waals surface area contributed by atoms with Crippen molar-refractivity contribution in [1.29, 1.82) is 0 Å². The summed E-state index contributed by atoms with van der Waals surface area (Å²) in [5.74, 6) is 0.277. The van der Waals surface area contributed by atoms with Crippen LogP contribution in [0, 0.1) is 0 Å². The molecule has 3 rings (SSSR count). The maximum atomic E-state index is 10.1. The summed E-state index contributed by atoms with van der Waals surface area (Å²) in [6.45, 7) is 0. The Labute approximate surface area is 132 Å². The molecule has 3 aromatic rings. The highest BCUT2D eigenvalue weighted by molar-refractivity contribution is 9.10. The van der Waals surface area contributed by atoms with Gasteiger partial charge in [-0.05, 0) is 39.5 Å². The molecule has 1 N–H and O–H groups in total. The maximum Gasteiger partial charge on any atom is 0.123 e. The number of halogens is 1.